The number of nitrogens with zero attached hydrogens (tertiary/aromatic N) is 2. The summed E-state index contributed by atoms with van der Waals surface area (Å²) >= 11 is 1.83. The molecule has 0 saturated heterocycles. The smallest absolute Gasteiger partial charge is 0.339 e. The molecular formula is C12H17N3O2S. The van der Waals surface area contributed by atoms with Crippen molar-refractivity contribution >= 4 is 23.5 Å². The SMILES string of the molecule is CSC1CCCCC1Nc1nnccc1C(=O)O. The van der Waals surface area contributed by atoms with E-state index in [1.54, 1.807) is 0 Å². The second-order valence-electron chi connectivity index (χ2n) is 4.41. The van der Waals surface area contributed by atoms with Gasteiger partial charge in [-0.05, 0) is 25.2 Å². The highest BCUT2D eigenvalue weighted by molar-refractivity contribution is 7.99. The maximum absolute atomic E-state index is 11.1. The summed E-state index contributed by atoms with van der Waals surface area (Å²) < 4.78 is 0. The fraction of sp³-hybridized carbons (Fsp3) is 0.583. The molecule has 0 spiro atoms. The number of rotatable bonds is 4. The van der Waals surface area contributed by atoms with Crippen LogP contribution in [0.1, 0.15) is 36.0 Å². The Kier molecular flexibility index (Phi) is 4.41. The number of hydrogen-bond donors (Lipinski definition) is 2. The van der Waals surface area contributed by atoms with Crippen molar-refractivity contribution in [3.05, 3.63) is 17.8 Å². The minimum atomic E-state index is -0.969. The first-order valence-corrected chi connectivity index (χ1v) is 7.35. The van der Waals surface area contributed by atoms with Crippen LogP contribution in [0.2, 0.25) is 0 Å². The molecule has 1 aliphatic rings. The van der Waals surface area contributed by atoms with Crippen LogP contribution in [0.5, 0.6) is 0 Å². The van der Waals surface area contributed by atoms with Gasteiger partial charge in [-0.2, -0.15) is 16.9 Å². The summed E-state index contributed by atoms with van der Waals surface area (Å²) in [6, 6.07) is 1.76. The number of carboxylic acids is 1. The molecule has 6 heteroatoms. The van der Waals surface area contributed by atoms with Crippen molar-refractivity contribution in [1.82, 2.24) is 10.2 Å². The van der Waals surface area contributed by atoms with E-state index in [1.165, 1.54) is 31.5 Å². The molecule has 2 unspecified atom stereocenters. The van der Waals surface area contributed by atoms with Crippen molar-refractivity contribution in [1.29, 1.82) is 0 Å². The van der Waals surface area contributed by atoms with E-state index in [9.17, 15) is 4.79 Å². The normalized spacial score (nSPS) is 23.6. The van der Waals surface area contributed by atoms with E-state index in [0.29, 0.717) is 11.1 Å². The van der Waals surface area contributed by atoms with Gasteiger partial charge in [0.05, 0.1) is 6.20 Å². The third-order valence-corrected chi connectivity index (χ3v) is 4.45. The zero-order valence-electron chi connectivity index (χ0n) is 10.3. The Bertz CT molecular complexity index is 428. The first-order chi connectivity index (χ1) is 8.72. The monoisotopic (exact) mass is 267 g/mol. The topological polar surface area (TPSA) is 75.1 Å². The Labute approximate surface area is 110 Å². The molecule has 1 aromatic rings. The van der Waals surface area contributed by atoms with Gasteiger partial charge in [0, 0.05) is 11.3 Å². The lowest BCUT2D eigenvalue weighted by atomic mass is 9.94. The van der Waals surface area contributed by atoms with Crippen molar-refractivity contribution in [2.24, 2.45) is 0 Å². The number of nitrogens with one attached hydrogen (secondary N) is 1. The highest BCUT2D eigenvalue weighted by Crippen LogP contribution is 2.29. The van der Waals surface area contributed by atoms with E-state index in [0.717, 1.165) is 6.42 Å². The molecule has 1 aromatic heterocycles. The fourth-order valence-electron chi connectivity index (χ4n) is 2.33. The van der Waals surface area contributed by atoms with Crippen LogP contribution in [0.4, 0.5) is 5.82 Å². The molecule has 0 radical (unpaired) electrons. The predicted octanol–water partition coefficient (Wildman–Crippen LogP) is 2.26. The lowest BCUT2D eigenvalue weighted by Gasteiger charge is -2.31. The summed E-state index contributed by atoms with van der Waals surface area (Å²) in [6.45, 7) is 0. The van der Waals surface area contributed by atoms with E-state index >= 15 is 0 Å². The van der Waals surface area contributed by atoms with E-state index in [1.807, 2.05) is 11.8 Å². The predicted molar refractivity (Wildman–Crippen MR) is 72.2 cm³/mol. The standard InChI is InChI=1S/C12H17N3O2S/c1-18-10-5-3-2-4-9(10)14-11-8(12(16)17)6-7-13-15-11/h6-7,9-10H,2-5H2,1H3,(H,14,15)(H,16,17). The second-order valence-corrected chi connectivity index (χ2v) is 5.48. The summed E-state index contributed by atoms with van der Waals surface area (Å²) in [4.78, 5) is 11.1. The van der Waals surface area contributed by atoms with Crippen LogP contribution in [-0.2, 0) is 0 Å². The summed E-state index contributed by atoms with van der Waals surface area (Å²) in [5, 5.41) is 20.6. The molecule has 98 valence electrons. The minimum absolute atomic E-state index is 0.190. The summed E-state index contributed by atoms with van der Waals surface area (Å²) in [7, 11) is 0. The molecular weight excluding hydrogens is 250 g/mol. The van der Waals surface area contributed by atoms with E-state index in [4.69, 9.17) is 5.11 Å². The first-order valence-electron chi connectivity index (χ1n) is 6.06. The Morgan fingerprint density at radius 3 is 3.00 bits per heavy atom. The molecule has 2 rings (SSSR count). The second kappa shape index (κ2) is 6.04. The number of aromatic nitrogens is 2. The molecule has 0 amide bonds. The van der Waals surface area contributed by atoms with Gasteiger partial charge in [-0.15, -0.1) is 5.10 Å². The van der Waals surface area contributed by atoms with Crippen LogP contribution in [0.3, 0.4) is 0 Å². The first kappa shape index (κ1) is 13.1. The molecule has 0 bridgehead atoms. The fourth-order valence-corrected chi connectivity index (χ4v) is 3.27. The Balaban J connectivity index is 2.15. The van der Waals surface area contributed by atoms with Crippen molar-refractivity contribution in [3.8, 4) is 0 Å². The van der Waals surface area contributed by atoms with Gasteiger partial charge in [0.25, 0.3) is 0 Å². The van der Waals surface area contributed by atoms with Gasteiger partial charge in [0.1, 0.15) is 5.56 Å². The lowest BCUT2D eigenvalue weighted by Crippen LogP contribution is -2.35. The van der Waals surface area contributed by atoms with E-state index < -0.39 is 5.97 Å². The van der Waals surface area contributed by atoms with E-state index in [2.05, 4.69) is 21.8 Å². The molecule has 1 heterocycles. The summed E-state index contributed by atoms with van der Waals surface area (Å²) in [5.41, 5.74) is 0.190. The van der Waals surface area contributed by atoms with Crippen LogP contribution in [0.15, 0.2) is 12.3 Å². The van der Waals surface area contributed by atoms with Gasteiger partial charge in [-0.25, -0.2) is 4.79 Å². The number of carbonyl (C=O) groups is 1. The quantitative estimate of drug-likeness (QED) is 0.871. The average Bonchev–Trinajstić information content (AvgIpc) is 2.40. The van der Waals surface area contributed by atoms with E-state index in [-0.39, 0.29) is 11.6 Å². The zero-order valence-corrected chi connectivity index (χ0v) is 11.1. The number of thioether (sulfide) groups is 1. The van der Waals surface area contributed by atoms with Gasteiger partial charge in [0.2, 0.25) is 0 Å². The molecule has 0 aliphatic heterocycles. The van der Waals surface area contributed by atoms with Crippen LogP contribution in [0.25, 0.3) is 0 Å². The van der Waals surface area contributed by atoms with Crippen LogP contribution in [0, 0.1) is 0 Å². The van der Waals surface area contributed by atoms with Crippen molar-refractivity contribution < 1.29 is 9.90 Å². The summed E-state index contributed by atoms with van der Waals surface area (Å²) in [6.07, 6.45) is 8.15. The van der Waals surface area contributed by atoms with Crippen molar-refractivity contribution in [2.75, 3.05) is 11.6 Å². The maximum atomic E-state index is 11.1. The van der Waals surface area contributed by atoms with Gasteiger partial charge in [0.15, 0.2) is 5.82 Å². The number of aromatic carboxylic acids is 1. The summed E-state index contributed by atoms with van der Waals surface area (Å²) in [5.74, 6) is -0.583. The van der Waals surface area contributed by atoms with Crippen LogP contribution < -0.4 is 5.32 Å². The number of carboxylic acid groups (broad SMARTS) is 1. The number of anilines is 1. The molecule has 0 aromatic carbocycles. The third-order valence-electron chi connectivity index (χ3n) is 3.28. The van der Waals surface area contributed by atoms with Crippen molar-refractivity contribution in [2.45, 2.75) is 37.0 Å². The molecule has 18 heavy (non-hydrogen) atoms. The molecule has 1 saturated carbocycles. The Morgan fingerprint density at radius 2 is 2.28 bits per heavy atom. The van der Waals surface area contributed by atoms with Gasteiger partial charge < -0.3 is 10.4 Å². The largest absolute Gasteiger partial charge is 0.478 e. The highest BCUT2D eigenvalue weighted by Gasteiger charge is 2.26. The zero-order chi connectivity index (χ0) is 13.0. The minimum Gasteiger partial charge on any atom is -0.478 e. The number of hydrogen-bond acceptors (Lipinski definition) is 5. The average molecular weight is 267 g/mol. The lowest BCUT2D eigenvalue weighted by molar-refractivity contribution is 0.0697. The third kappa shape index (κ3) is 2.93. The van der Waals surface area contributed by atoms with Crippen LogP contribution >= 0.6 is 11.8 Å². The highest BCUT2D eigenvalue weighted by atomic mass is 32.2. The molecule has 1 aliphatic carbocycles. The Morgan fingerprint density at radius 1 is 1.50 bits per heavy atom. The maximum Gasteiger partial charge on any atom is 0.339 e. The van der Waals surface area contributed by atoms with Gasteiger partial charge in [-0.1, -0.05) is 12.8 Å². The Hall–Kier alpha value is -1.30. The molecule has 2 N–H and O–H groups in total. The van der Waals surface area contributed by atoms with Gasteiger partial charge in [-0.3, -0.25) is 0 Å². The van der Waals surface area contributed by atoms with Crippen LogP contribution in [-0.4, -0.2) is 38.8 Å². The molecule has 2 atom stereocenters. The van der Waals surface area contributed by atoms with Gasteiger partial charge >= 0.3 is 5.97 Å². The molecule has 5 nitrogen and oxygen atoms in total. The van der Waals surface area contributed by atoms with Crippen molar-refractivity contribution in [3.63, 3.8) is 0 Å². The molecule has 1 fully saturated rings.